The van der Waals surface area contributed by atoms with Crippen LogP contribution in [0.3, 0.4) is 0 Å². The second-order valence-corrected chi connectivity index (χ2v) is 7.32. The summed E-state index contributed by atoms with van der Waals surface area (Å²) in [5, 5.41) is 0. The summed E-state index contributed by atoms with van der Waals surface area (Å²) in [5.41, 5.74) is 1.67. The van der Waals surface area contributed by atoms with Gasteiger partial charge >= 0.3 is 0 Å². The van der Waals surface area contributed by atoms with Crippen molar-refractivity contribution in [3.63, 3.8) is 0 Å². The van der Waals surface area contributed by atoms with E-state index in [9.17, 15) is 4.79 Å². The maximum absolute atomic E-state index is 13.6. The van der Waals surface area contributed by atoms with Gasteiger partial charge in [0.2, 0.25) is 0 Å². The molecule has 4 heteroatoms. The van der Waals surface area contributed by atoms with Gasteiger partial charge in [0.05, 0.1) is 6.85 Å². The number of halogens is 1. The second-order valence-electron chi connectivity index (χ2n) is 7.32. The first-order valence-electron chi connectivity index (χ1n) is 12.6. The summed E-state index contributed by atoms with van der Waals surface area (Å²) >= 11 is 0. The fraction of sp³-hybridized carbons (Fsp3) is 0.269. The lowest BCUT2D eigenvalue weighted by molar-refractivity contribution is 0.0960. The van der Waals surface area contributed by atoms with Crippen LogP contribution in [0.15, 0.2) is 90.9 Å². The molecule has 3 nitrogen and oxygen atoms in total. The van der Waals surface area contributed by atoms with Crippen LogP contribution in [0.5, 0.6) is 0 Å². The van der Waals surface area contributed by atoms with Crippen molar-refractivity contribution >= 4 is 24.0 Å². The summed E-state index contributed by atoms with van der Waals surface area (Å²) in [5.74, 6) is -0.345. The first-order valence-corrected chi connectivity index (χ1v) is 10.1. The molecule has 0 bridgehead atoms. The minimum absolute atomic E-state index is 0. The van der Waals surface area contributed by atoms with Crippen molar-refractivity contribution < 1.29 is 11.6 Å². The predicted octanol–water partition coefficient (Wildman–Crippen LogP) is 5.46. The van der Waals surface area contributed by atoms with Gasteiger partial charge in [-0.15, -0.1) is 12.4 Å². The van der Waals surface area contributed by atoms with E-state index in [4.69, 9.17) is 6.85 Å². The zero-order chi connectivity index (χ0) is 24.2. The molecule has 0 radical (unpaired) electrons. The lowest BCUT2D eigenvalue weighted by Gasteiger charge is -2.38. The fourth-order valence-electron chi connectivity index (χ4n) is 3.87. The first kappa shape index (κ1) is 16.1. The second kappa shape index (κ2) is 11.0. The molecule has 1 aliphatic heterocycles. The van der Waals surface area contributed by atoms with Gasteiger partial charge in [-0.2, -0.15) is 0 Å². The van der Waals surface area contributed by atoms with Crippen molar-refractivity contribution in [2.75, 3.05) is 24.5 Å². The van der Waals surface area contributed by atoms with E-state index in [0.717, 1.165) is 26.1 Å². The lowest BCUT2D eigenvalue weighted by atomic mass is 10.00. The molecule has 0 aromatic heterocycles. The standard InChI is InChI=1S/C26H28N2O.ClH/c29-26(23-12-6-2-7-13-23)28(24-14-8-3-9-15-24)25-17-20-27(21-18-25)19-16-22-10-4-1-5-11-22;/h1-15,25H,16-21H2;1H/i3D,8D,9D,14D,15D;. The van der Waals surface area contributed by atoms with Gasteiger partial charge in [-0.1, -0.05) is 66.7 Å². The highest BCUT2D eigenvalue weighted by Gasteiger charge is 2.29. The molecule has 1 saturated heterocycles. The number of rotatable bonds is 6. The number of likely N-dealkylation sites (tertiary alicyclic amines) is 1. The molecule has 4 rings (SSSR count). The Bertz CT molecular complexity index is 1130. The smallest absolute Gasteiger partial charge is 0.258 e. The van der Waals surface area contributed by atoms with Crippen LogP contribution < -0.4 is 4.90 Å². The number of piperidine rings is 1. The van der Waals surface area contributed by atoms with Crippen molar-refractivity contribution in [1.29, 1.82) is 0 Å². The third kappa shape index (κ3) is 5.50. The monoisotopic (exact) mass is 425 g/mol. The third-order valence-corrected chi connectivity index (χ3v) is 5.45. The van der Waals surface area contributed by atoms with Gasteiger partial charge in [0.25, 0.3) is 5.91 Å². The summed E-state index contributed by atoms with van der Waals surface area (Å²) < 4.78 is 41.1. The van der Waals surface area contributed by atoms with Crippen LogP contribution in [0.25, 0.3) is 0 Å². The third-order valence-electron chi connectivity index (χ3n) is 5.45. The van der Waals surface area contributed by atoms with E-state index in [1.807, 2.05) is 24.3 Å². The molecule has 0 aliphatic carbocycles. The number of hydrogen-bond acceptors (Lipinski definition) is 2. The minimum atomic E-state index is -0.457. The van der Waals surface area contributed by atoms with E-state index in [-0.39, 0.29) is 42.1 Å². The molecule has 1 amide bonds. The largest absolute Gasteiger partial charge is 0.305 e. The topological polar surface area (TPSA) is 23.6 Å². The maximum atomic E-state index is 13.6. The number of amides is 1. The molecule has 3 aromatic carbocycles. The highest BCUT2D eigenvalue weighted by Crippen LogP contribution is 2.26. The molecule has 3 aromatic rings. The number of para-hydroxylation sites is 1. The van der Waals surface area contributed by atoms with Crippen LogP contribution in [0.4, 0.5) is 5.69 Å². The van der Waals surface area contributed by atoms with Crippen molar-refractivity contribution in [1.82, 2.24) is 4.90 Å². The van der Waals surface area contributed by atoms with Gasteiger partial charge < -0.3 is 9.80 Å². The van der Waals surface area contributed by atoms with Crippen molar-refractivity contribution in [2.24, 2.45) is 0 Å². The summed E-state index contributed by atoms with van der Waals surface area (Å²) in [7, 11) is 0. The van der Waals surface area contributed by atoms with E-state index in [2.05, 4.69) is 17.0 Å². The van der Waals surface area contributed by atoms with Gasteiger partial charge in [-0.25, -0.2) is 0 Å². The fourth-order valence-corrected chi connectivity index (χ4v) is 3.87. The first-order chi connectivity index (χ1) is 16.4. The molecule has 1 heterocycles. The van der Waals surface area contributed by atoms with E-state index < -0.39 is 18.1 Å². The van der Waals surface area contributed by atoms with Crippen molar-refractivity contribution in [2.45, 2.75) is 25.3 Å². The van der Waals surface area contributed by atoms with Gasteiger partial charge in [-0.05, 0) is 49.0 Å². The molecule has 0 unspecified atom stereocenters. The number of hydrogen-bond donors (Lipinski definition) is 0. The molecule has 1 aliphatic rings. The van der Waals surface area contributed by atoms with Crippen LogP contribution in [-0.4, -0.2) is 36.5 Å². The lowest BCUT2D eigenvalue weighted by Crippen LogP contribution is -2.48. The van der Waals surface area contributed by atoms with E-state index in [1.165, 1.54) is 10.5 Å². The SMILES string of the molecule is Cl.[2H]c1c([2H])c([2H])c(N(C(=O)c2ccccc2)C2CCN(CCc3ccccc3)CC2)c([2H])c1[2H]. The summed E-state index contributed by atoms with van der Waals surface area (Å²) in [6.07, 6.45) is 2.27. The molecule has 0 spiro atoms. The van der Waals surface area contributed by atoms with Gasteiger partial charge in [-0.3, -0.25) is 4.79 Å². The zero-order valence-corrected chi connectivity index (χ0v) is 17.6. The van der Waals surface area contributed by atoms with Crippen LogP contribution >= 0.6 is 12.4 Å². The van der Waals surface area contributed by atoms with Gasteiger partial charge in [0.15, 0.2) is 0 Å². The quantitative estimate of drug-likeness (QED) is 0.523. The molecule has 1 fully saturated rings. The Balaban J connectivity index is 0.00000342. The molecular formula is C26H29ClN2O. The molecular weight excluding hydrogens is 392 g/mol. The van der Waals surface area contributed by atoms with E-state index in [0.29, 0.717) is 18.4 Å². The van der Waals surface area contributed by atoms with Crippen LogP contribution in [0.1, 0.15) is 35.6 Å². The number of nitrogens with zero attached hydrogens (tertiary/aromatic N) is 2. The van der Waals surface area contributed by atoms with E-state index >= 15 is 0 Å². The maximum Gasteiger partial charge on any atom is 0.258 e. The Morgan fingerprint density at radius 1 is 0.933 bits per heavy atom. The average molecular weight is 426 g/mol. The number of carbonyl (C=O) groups is 1. The summed E-state index contributed by atoms with van der Waals surface area (Å²) in [6.45, 7) is 2.46. The highest BCUT2D eigenvalue weighted by molar-refractivity contribution is 6.06. The minimum Gasteiger partial charge on any atom is -0.305 e. The Labute approximate surface area is 192 Å². The van der Waals surface area contributed by atoms with Crippen LogP contribution in [0.2, 0.25) is 0 Å². The Morgan fingerprint density at radius 3 is 2.17 bits per heavy atom. The Kier molecular flexibility index (Phi) is 5.89. The Morgan fingerprint density at radius 2 is 1.53 bits per heavy atom. The summed E-state index contributed by atoms with van der Waals surface area (Å²) in [6, 6.07) is 16.8. The number of benzene rings is 3. The number of carbonyl (C=O) groups excluding carboxylic acids is 1. The molecule has 30 heavy (non-hydrogen) atoms. The van der Waals surface area contributed by atoms with Gasteiger partial charge in [0, 0.05) is 36.9 Å². The normalized spacial score (nSPS) is 17.0. The van der Waals surface area contributed by atoms with E-state index in [1.54, 1.807) is 24.3 Å². The Hall–Kier alpha value is -2.62. The van der Waals surface area contributed by atoms with Gasteiger partial charge in [0.1, 0.15) is 0 Å². The summed E-state index contributed by atoms with van der Waals surface area (Å²) in [4.78, 5) is 17.4. The van der Waals surface area contributed by atoms with Crippen molar-refractivity contribution in [3.05, 3.63) is 102 Å². The highest BCUT2D eigenvalue weighted by atomic mass is 35.5. The average Bonchev–Trinajstić information content (AvgIpc) is 2.89. The molecule has 156 valence electrons. The van der Waals surface area contributed by atoms with Crippen LogP contribution in [-0.2, 0) is 6.42 Å². The predicted molar refractivity (Wildman–Crippen MR) is 127 cm³/mol. The molecule has 0 saturated carbocycles. The number of anilines is 1. The zero-order valence-electron chi connectivity index (χ0n) is 21.8. The molecule has 0 atom stereocenters. The molecule has 0 N–H and O–H groups in total. The van der Waals surface area contributed by atoms with Crippen molar-refractivity contribution in [3.8, 4) is 0 Å². The van der Waals surface area contributed by atoms with Crippen LogP contribution in [0, 0.1) is 0 Å².